The van der Waals surface area contributed by atoms with E-state index in [0.717, 1.165) is 19.3 Å². The maximum atomic E-state index is 13.3. The number of aliphatic hydroxyl groups is 2. The van der Waals surface area contributed by atoms with E-state index in [1.54, 1.807) is 6.92 Å². The first-order chi connectivity index (χ1) is 26.8. The molecule has 4 N–H and O–H groups in total. The number of carbonyl (C=O) groups is 2. The number of carboxylic acid groups (broad SMARTS) is 1. The van der Waals surface area contributed by atoms with Crippen LogP contribution in [0, 0.1) is 41.3 Å². The van der Waals surface area contributed by atoms with Crippen LogP contribution in [-0.2, 0) is 38.0 Å². The number of ether oxygens (including phenoxy) is 7. The van der Waals surface area contributed by atoms with E-state index in [9.17, 15) is 29.3 Å². The lowest BCUT2D eigenvalue weighted by Crippen LogP contribution is -2.57. The highest BCUT2D eigenvalue weighted by molar-refractivity contribution is 5.84. The molecular formula is C43H66FNO12. The minimum absolute atomic E-state index is 0.0627. The number of halogens is 1. The molecule has 0 aliphatic carbocycles. The summed E-state index contributed by atoms with van der Waals surface area (Å²) >= 11 is 0. The lowest BCUT2D eigenvalue weighted by atomic mass is 9.78. The molecule has 1 amide bonds. The summed E-state index contributed by atoms with van der Waals surface area (Å²) < 4.78 is 58.7. The van der Waals surface area contributed by atoms with Crippen molar-refractivity contribution in [1.82, 2.24) is 0 Å². The molecule has 5 aliphatic rings. The molecular weight excluding hydrogens is 741 g/mol. The normalized spacial score (nSPS) is 43.8. The van der Waals surface area contributed by atoms with Crippen molar-refractivity contribution >= 4 is 17.7 Å². The highest BCUT2D eigenvalue weighted by atomic mass is 19.1. The van der Waals surface area contributed by atoms with Crippen LogP contribution in [0.3, 0.4) is 0 Å². The molecule has 0 bridgehead atoms. The van der Waals surface area contributed by atoms with E-state index in [2.05, 4.69) is 33.0 Å². The van der Waals surface area contributed by atoms with E-state index in [4.69, 9.17) is 33.2 Å². The summed E-state index contributed by atoms with van der Waals surface area (Å²) in [5.41, 5.74) is -0.913. The third-order valence-electron chi connectivity index (χ3n) is 14.3. The molecule has 5 saturated heterocycles. The second kappa shape index (κ2) is 16.9. The summed E-state index contributed by atoms with van der Waals surface area (Å²) in [5, 5.41) is 35.3. The number of amides is 1. The minimum Gasteiger partial charge on any atom is -0.481 e. The molecule has 0 unspecified atom stereocenters. The zero-order valence-electron chi connectivity index (χ0n) is 35.1. The van der Waals surface area contributed by atoms with Crippen LogP contribution in [0.1, 0.15) is 107 Å². The number of hydrogen-bond acceptors (Lipinski definition) is 11. The fourth-order valence-corrected chi connectivity index (χ4v) is 10.8. The first-order valence-corrected chi connectivity index (χ1v) is 21.0. The van der Waals surface area contributed by atoms with Crippen molar-refractivity contribution in [2.24, 2.45) is 35.5 Å². The Hall–Kier alpha value is -2.43. The number of hydrogen-bond donors (Lipinski definition) is 4. The molecule has 57 heavy (non-hydrogen) atoms. The van der Waals surface area contributed by atoms with Crippen LogP contribution >= 0.6 is 0 Å². The van der Waals surface area contributed by atoms with Crippen LogP contribution < -0.4 is 5.32 Å². The molecule has 0 aromatic heterocycles. The van der Waals surface area contributed by atoms with E-state index >= 15 is 0 Å². The number of aliphatic carboxylic acids is 1. The smallest absolute Gasteiger partial charge is 0.411 e. The van der Waals surface area contributed by atoms with Crippen LogP contribution in [0.15, 0.2) is 24.3 Å². The maximum Gasteiger partial charge on any atom is 0.411 e. The Bertz CT molecular complexity index is 1570. The summed E-state index contributed by atoms with van der Waals surface area (Å²) in [5.74, 6) is -5.61. The van der Waals surface area contributed by atoms with Gasteiger partial charge in [0.1, 0.15) is 12.4 Å². The van der Waals surface area contributed by atoms with Crippen molar-refractivity contribution < 1.29 is 62.5 Å². The zero-order valence-corrected chi connectivity index (χ0v) is 35.1. The van der Waals surface area contributed by atoms with E-state index in [1.165, 1.54) is 31.4 Å². The van der Waals surface area contributed by atoms with E-state index < -0.39 is 71.0 Å². The molecule has 1 aromatic carbocycles. The molecule has 1 aromatic rings. The standard InChI is InChI=1S/C43H66FNO12/c1-10-41(16-15-33(54-41)40(8)17-18-42(57-40)21-31(46)26(5)36(55-42)27(6)35(51-9)28(7)38(47)48)37-24(3)20-32(53-37)34-23(2)19-25(4)43(50,56-34)22-52-39(49)45-30-13-11-29(44)12-14-30/h11-14,23-28,31-37,46,50H,10,15-22H2,1-9H3,(H,45,49)(H,47,48)/t23-,24-,25+,26+,27-,28+,31-,32+,33+,34-,35+,36-,37+,40-,41-,42+,43-/m0/s1. The van der Waals surface area contributed by atoms with Gasteiger partial charge in [-0.25, -0.2) is 9.18 Å². The fourth-order valence-electron chi connectivity index (χ4n) is 10.8. The number of carbonyl (C=O) groups excluding carboxylic acids is 1. The Morgan fingerprint density at radius 2 is 1.72 bits per heavy atom. The molecule has 0 radical (unpaired) electrons. The van der Waals surface area contributed by atoms with Crippen LogP contribution in [0.25, 0.3) is 0 Å². The predicted molar refractivity (Wildman–Crippen MR) is 207 cm³/mol. The Morgan fingerprint density at radius 3 is 2.37 bits per heavy atom. The van der Waals surface area contributed by atoms with Gasteiger partial charge in [0.25, 0.3) is 0 Å². The van der Waals surface area contributed by atoms with Gasteiger partial charge in [-0.15, -0.1) is 0 Å². The van der Waals surface area contributed by atoms with Gasteiger partial charge in [0.15, 0.2) is 5.79 Å². The summed E-state index contributed by atoms with van der Waals surface area (Å²) in [7, 11) is 1.51. The maximum absolute atomic E-state index is 13.3. The Balaban J connectivity index is 1.10. The van der Waals surface area contributed by atoms with Gasteiger partial charge in [-0.05, 0) is 88.5 Å². The monoisotopic (exact) mass is 807 g/mol. The second-order valence-corrected chi connectivity index (χ2v) is 18.3. The molecule has 5 fully saturated rings. The van der Waals surface area contributed by atoms with Crippen molar-refractivity contribution in [3.8, 4) is 0 Å². The Kier molecular flexibility index (Phi) is 13.1. The average Bonchev–Trinajstić information content (AvgIpc) is 3.88. The number of nitrogens with one attached hydrogen (secondary N) is 1. The third-order valence-corrected chi connectivity index (χ3v) is 14.3. The lowest BCUT2D eigenvalue weighted by Gasteiger charge is -2.49. The van der Waals surface area contributed by atoms with Crippen LogP contribution in [-0.4, -0.2) is 107 Å². The van der Waals surface area contributed by atoms with E-state index in [1.807, 2.05) is 20.8 Å². The van der Waals surface area contributed by atoms with Crippen molar-refractivity contribution in [1.29, 1.82) is 0 Å². The van der Waals surface area contributed by atoms with Gasteiger partial charge < -0.3 is 48.5 Å². The molecule has 14 heteroatoms. The molecule has 5 heterocycles. The second-order valence-electron chi connectivity index (χ2n) is 18.3. The Morgan fingerprint density at radius 1 is 1.02 bits per heavy atom. The first-order valence-electron chi connectivity index (χ1n) is 21.0. The van der Waals surface area contributed by atoms with Gasteiger partial charge in [-0.2, -0.15) is 0 Å². The summed E-state index contributed by atoms with van der Waals surface area (Å²) in [6, 6.07) is 5.31. The lowest BCUT2D eigenvalue weighted by molar-refractivity contribution is -0.336. The van der Waals surface area contributed by atoms with Gasteiger partial charge >= 0.3 is 12.1 Å². The number of carboxylic acids is 1. The number of anilines is 1. The number of rotatable bonds is 12. The highest BCUT2D eigenvalue weighted by Crippen LogP contribution is 2.55. The summed E-state index contributed by atoms with van der Waals surface area (Å²) in [4.78, 5) is 24.5. The van der Waals surface area contributed by atoms with Gasteiger partial charge in [0.05, 0.1) is 59.8 Å². The van der Waals surface area contributed by atoms with E-state index in [0.29, 0.717) is 37.8 Å². The fraction of sp³-hybridized carbons (Fsp3) is 0.814. The minimum atomic E-state index is -1.73. The van der Waals surface area contributed by atoms with Gasteiger partial charge in [0, 0.05) is 43.4 Å². The first kappa shape index (κ1) is 44.1. The molecule has 13 nitrogen and oxygen atoms in total. The van der Waals surface area contributed by atoms with Crippen molar-refractivity contribution in [2.75, 3.05) is 19.0 Å². The molecule has 322 valence electrons. The van der Waals surface area contributed by atoms with Gasteiger partial charge in [-0.1, -0.05) is 41.5 Å². The van der Waals surface area contributed by atoms with Crippen molar-refractivity contribution in [3.63, 3.8) is 0 Å². The van der Waals surface area contributed by atoms with E-state index in [-0.39, 0.29) is 54.5 Å². The molecule has 17 atom stereocenters. The Labute approximate surface area is 336 Å². The molecule has 1 spiro atoms. The topological polar surface area (TPSA) is 171 Å². The quantitative estimate of drug-likeness (QED) is 0.177. The highest BCUT2D eigenvalue weighted by Gasteiger charge is 2.62. The zero-order chi connectivity index (χ0) is 41.7. The average molecular weight is 808 g/mol. The number of aliphatic hydroxyl groups excluding tert-OH is 1. The van der Waals surface area contributed by atoms with Crippen molar-refractivity contribution in [2.45, 2.75) is 172 Å². The summed E-state index contributed by atoms with van der Waals surface area (Å²) in [6.45, 7) is 15.4. The molecule has 5 aliphatic heterocycles. The number of benzene rings is 1. The van der Waals surface area contributed by atoms with Crippen LogP contribution in [0.2, 0.25) is 0 Å². The van der Waals surface area contributed by atoms with Crippen LogP contribution in [0.5, 0.6) is 0 Å². The SMILES string of the molecule is CC[C@@]1([C@@H]2O[C@@H]([C@H]3O[C@@](O)(COC(=O)Nc4ccc(F)cc4)[C@H](C)C[C@@H]3C)C[C@@H]2C)CC[C@H]([C@]2(C)CC[C@]3(C[C@H](O)[C@@H](C)[C@@H]([C@@H](C)[C@@H](OC)[C@@H](C)C(=O)O)O3)O2)O1. The van der Waals surface area contributed by atoms with Gasteiger partial charge in [0.2, 0.25) is 5.79 Å². The molecule has 6 rings (SSSR count). The van der Waals surface area contributed by atoms with Crippen molar-refractivity contribution in [3.05, 3.63) is 30.1 Å². The molecule has 0 saturated carbocycles. The predicted octanol–water partition coefficient (Wildman–Crippen LogP) is 6.67. The van der Waals surface area contributed by atoms with Crippen LogP contribution in [0.4, 0.5) is 14.9 Å². The van der Waals surface area contributed by atoms with Gasteiger partial charge in [-0.3, -0.25) is 10.1 Å². The summed E-state index contributed by atoms with van der Waals surface area (Å²) in [6.07, 6.45) is 1.27. The largest absolute Gasteiger partial charge is 0.481 e. The number of methoxy groups -OCH3 is 1. The third kappa shape index (κ3) is 8.75.